The maximum atomic E-state index is 13.3. The van der Waals surface area contributed by atoms with Gasteiger partial charge in [-0.2, -0.15) is 0 Å². The van der Waals surface area contributed by atoms with Crippen LogP contribution in [0.2, 0.25) is 0 Å². The minimum absolute atomic E-state index is 0.136. The number of nitrogens with two attached hydrogens (primary N) is 1. The maximum absolute atomic E-state index is 13.3. The van der Waals surface area contributed by atoms with Gasteiger partial charge in [0.25, 0.3) is 0 Å². The Hall–Kier alpha value is -2.15. The van der Waals surface area contributed by atoms with Crippen molar-refractivity contribution in [1.82, 2.24) is 15.5 Å². The van der Waals surface area contributed by atoms with Crippen LogP contribution in [0, 0.1) is 5.41 Å². The Morgan fingerprint density at radius 1 is 1.29 bits per heavy atom. The van der Waals surface area contributed by atoms with Gasteiger partial charge in [-0.05, 0) is 37.5 Å². The maximum Gasteiger partial charge on any atom is 0.249 e. The lowest BCUT2D eigenvalue weighted by atomic mass is 9.86. The van der Waals surface area contributed by atoms with Crippen molar-refractivity contribution in [3.8, 4) is 0 Å². The van der Waals surface area contributed by atoms with Crippen LogP contribution in [-0.2, 0) is 14.4 Å². The average Bonchev–Trinajstić information content (AvgIpc) is 3.42. The number of nitrogens with one attached hydrogen (secondary N) is 2. The van der Waals surface area contributed by atoms with E-state index in [1.54, 1.807) is 11.0 Å². The van der Waals surface area contributed by atoms with Crippen molar-refractivity contribution in [3.05, 3.63) is 23.8 Å². The van der Waals surface area contributed by atoms with Crippen LogP contribution in [0.15, 0.2) is 23.8 Å². The predicted molar refractivity (Wildman–Crippen MR) is 123 cm³/mol. The second kappa shape index (κ2) is 10.9. The summed E-state index contributed by atoms with van der Waals surface area (Å²) in [7, 11) is 0. The van der Waals surface area contributed by atoms with Gasteiger partial charge in [-0.1, -0.05) is 52.2 Å². The van der Waals surface area contributed by atoms with E-state index in [2.05, 4.69) is 24.1 Å². The van der Waals surface area contributed by atoms with Crippen LogP contribution in [0.5, 0.6) is 0 Å². The first kappa shape index (κ1) is 25.1. The molecule has 7 heteroatoms. The summed E-state index contributed by atoms with van der Waals surface area (Å²) in [5, 5.41) is 5.98. The number of unbranched alkanes of at least 4 members (excludes halogenated alkanes) is 1. The monoisotopic (exact) mass is 432 g/mol. The molecule has 7 nitrogen and oxygen atoms in total. The highest BCUT2D eigenvalue weighted by Gasteiger charge is 2.40. The molecule has 0 aromatic rings. The minimum atomic E-state index is -0.661. The number of allylic oxidation sites excluding steroid dienone is 1. The summed E-state index contributed by atoms with van der Waals surface area (Å²) in [4.78, 5) is 40.7. The third-order valence-corrected chi connectivity index (χ3v) is 6.08. The number of hydrogen-bond acceptors (Lipinski definition) is 4. The Bertz CT molecular complexity index is 717. The Morgan fingerprint density at radius 3 is 2.52 bits per heavy atom. The van der Waals surface area contributed by atoms with Crippen LogP contribution in [0.25, 0.3) is 0 Å². The molecule has 31 heavy (non-hydrogen) atoms. The van der Waals surface area contributed by atoms with Crippen LogP contribution in [-0.4, -0.2) is 53.8 Å². The number of carbonyl (C=O) groups is 3. The summed E-state index contributed by atoms with van der Waals surface area (Å²) < 4.78 is 0. The number of likely N-dealkylation sites (tertiary alicyclic amines) is 1. The highest BCUT2D eigenvalue weighted by Crippen LogP contribution is 2.34. The van der Waals surface area contributed by atoms with Gasteiger partial charge in [0.2, 0.25) is 17.7 Å². The fourth-order valence-electron chi connectivity index (χ4n) is 3.97. The lowest BCUT2D eigenvalue weighted by Gasteiger charge is -2.33. The molecule has 2 aliphatic rings. The predicted octanol–water partition coefficient (Wildman–Crippen LogP) is 2.42. The molecule has 1 heterocycles. The standard InChI is InChI=1S/C24H40N4O3/c1-6-8-10-17(19(16-12-13-16)22(30)26-14-7-2)27-21(29)18-11-9-15-28(18)23(31)20(25)24(3,4)5/h7,17-18,20H,2,6,8-15,25H2,1,3-5H3,(H,26,30)(H,27,29)/t17?,18-,20+/m0/s1. The van der Waals surface area contributed by atoms with Crippen LogP contribution in [0.4, 0.5) is 0 Å². The van der Waals surface area contributed by atoms with Crippen LogP contribution >= 0.6 is 0 Å². The molecular weight excluding hydrogens is 392 g/mol. The zero-order valence-electron chi connectivity index (χ0n) is 19.6. The lowest BCUT2D eigenvalue weighted by molar-refractivity contribution is -0.141. The van der Waals surface area contributed by atoms with Gasteiger partial charge in [0.15, 0.2) is 0 Å². The van der Waals surface area contributed by atoms with Gasteiger partial charge in [-0.15, -0.1) is 6.58 Å². The van der Waals surface area contributed by atoms with Crippen LogP contribution < -0.4 is 16.4 Å². The van der Waals surface area contributed by atoms with Crippen molar-refractivity contribution < 1.29 is 14.4 Å². The number of amides is 3. The van der Waals surface area contributed by atoms with E-state index in [1.165, 1.54) is 0 Å². The number of rotatable bonds is 10. The van der Waals surface area contributed by atoms with Gasteiger partial charge in [-0.25, -0.2) is 0 Å². The van der Waals surface area contributed by atoms with Gasteiger partial charge in [0.1, 0.15) is 6.04 Å². The summed E-state index contributed by atoms with van der Waals surface area (Å²) >= 11 is 0. The second-order valence-corrected chi connectivity index (χ2v) is 9.75. The van der Waals surface area contributed by atoms with E-state index in [0.717, 1.165) is 37.7 Å². The molecular formula is C24H40N4O3. The molecule has 174 valence electrons. The summed E-state index contributed by atoms with van der Waals surface area (Å²) in [5.41, 5.74) is 7.61. The number of nitrogens with zero attached hydrogens (tertiary/aromatic N) is 1. The van der Waals surface area contributed by atoms with E-state index in [9.17, 15) is 14.4 Å². The summed E-state index contributed by atoms with van der Waals surface area (Å²) in [5.74, 6) is -0.508. The van der Waals surface area contributed by atoms with E-state index in [1.807, 2.05) is 20.8 Å². The summed E-state index contributed by atoms with van der Waals surface area (Å²) in [6.45, 7) is 12.5. The van der Waals surface area contributed by atoms with E-state index in [-0.39, 0.29) is 29.2 Å². The molecule has 3 amide bonds. The van der Waals surface area contributed by atoms with Crippen molar-refractivity contribution in [1.29, 1.82) is 0 Å². The molecule has 1 aliphatic heterocycles. The first-order valence-electron chi connectivity index (χ1n) is 11.6. The van der Waals surface area contributed by atoms with Crippen molar-refractivity contribution in [2.45, 2.75) is 90.8 Å². The first-order chi connectivity index (χ1) is 14.6. The van der Waals surface area contributed by atoms with E-state index in [4.69, 9.17) is 5.73 Å². The smallest absolute Gasteiger partial charge is 0.249 e. The van der Waals surface area contributed by atoms with Gasteiger partial charge in [-0.3, -0.25) is 14.4 Å². The highest BCUT2D eigenvalue weighted by molar-refractivity contribution is 5.97. The molecule has 3 atom stereocenters. The Balaban J connectivity index is 2.17. The molecule has 1 saturated carbocycles. The number of hydrogen-bond donors (Lipinski definition) is 3. The molecule has 0 radical (unpaired) electrons. The van der Waals surface area contributed by atoms with Crippen molar-refractivity contribution in [3.63, 3.8) is 0 Å². The fourth-order valence-corrected chi connectivity index (χ4v) is 3.97. The topological polar surface area (TPSA) is 105 Å². The molecule has 4 N–H and O–H groups in total. The van der Waals surface area contributed by atoms with E-state index in [0.29, 0.717) is 31.5 Å². The zero-order chi connectivity index (χ0) is 23.2. The van der Waals surface area contributed by atoms with Gasteiger partial charge < -0.3 is 21.3 Å². The third-order valence-electron chi connectivity index (χ3n) is 6.08. The molecule has 2 rings (SSSR count). The molecule has 2 fully saturated rings. The van der Waals surface area contributed by atoms with Gasteiger partial charge >= 0.3 is 0 Å². The summed E-state index contributed by atoms with van der Waals surface area (Å²) in [6.07, 6.45) is 7.39. The quantitative estimate of drug-likeness (QED) is 0.364. The van der Waals surface area contributed by atoms with Gasteiger partial charge in [0, 0.05) is 18.7 Å². The molecule has 1 saturated heterocycles. The number of carbonyl (C=O) groups excluding carboxylic acids is 3. The largest absolute Gasteiger partial charge is 0.349 e. The normalized spacial score (nSPS) is 20.1. The molecule has 1 unspecified atom stereocenters. The minimum Gasteiger partial charge on any atom is -0.349 e. The molecule has 0 aromatic carbocycles. The zero-order valence-corrected chi connectivity index (χ0v) is 19.6. The van der Waals surface area contributed by atoms with E-state index < -0.39 is 12.1 Å². The highest BCUT2D eigenvalue weighted by atomic mass is 16.2. The first-order valence-corrected chi connectivity index (χ1v) is 11.6. The van der Waals surface area contributed by atoms with Crippen LogP contribution in [0.3, 0.4) is 0 Å². The van der Waals surface area contributed by atoms with Gasteiger partial charge in [0.05, 0.1) is 12.1 Å². The lowest BCUT2D eigenvalue weighted by Crippen LogP contribution is -2.56. The average molecular weight is 433 g/mol. The SMILES string of the molecule is C=CCNC(=O)C(=C1CC1)C(CCCC)NC(=O)[C@@H]1CCCN1C(=O)[C@@H](N)C(C)(C)C. The fraction of sp³-hybridized carbons (Fsp3) is 0.708. The Kier molecular flexibility index (Phi) is 8.86. The van der Waals surface area contributed by atoms with E-state index >= 15 is 0 Å². The second-order valence-electron chi connectivity index (χ2n) is 9.75. The summed E-state index contributed by atoms with van der Waals surface area (Å²) in [6, 6.07) is -1.54. The molecule has 0 aromatic heterocycles. The van der Waals surface area contributed by atoms with Crippen LogP contribution in [0.1, 0.15) is 72.6 Å². The molecule has 0 bridgehead atoms. The Labute approximate surface area is 186 Å². The molecule has 1 aliphatic carbocycles. The molecule has 0 spiro atoms. The third kappa shape index (κ3) is 6.66. The van der Waals surface area contributed by atoms with Crippen molar-refractivity contribution in [2.24, 2.45) is 11.1 Å². The van der Waals surface area contributed by atoms with Crippen molar-refractivity contribution >= 4 is 17.7 Å². The van der Waals surface area contributed by atoms with Crippen molar-refractivity contribution in [2.75, 3.05) is 13.1 Å². The Morgan fingerprint density at radius 2 is 1.97 bits per heavy atom.